The zero-order valence-electron chi connectivity index (χ0n) is 7.31. The lowest BCUT2D eigenvalue weighted by Crippen LogP contribution is -2.12. The summed E-state index contributed by atoms with van der Waals surface area (Å²) in [5.41, 5.74) is 0.700. The van der Waals surface area contributed by atoms with E-state index in [1.54, 1.807) is 12.1 Å². The molecule has 1 N–H and O–H groups in total. The molecule has 4 heteroatoms. The molecule has 1 rings (SSSR count). The Morgan fingerprint density at radius 1 is 1.46 bits per heavy atom. The van der Waals surface area contributed by atoms with E-state index in [9.17, 15) is 4.39 Å². The van der Waals surface area contributed by atoms with Crippen LogP contribution < -0.4 is 5.32 Å². The molecule has 13 heavy (non-hydrogen) atoms. The molecule has 74 valence electrons. The maximum Gasteiger partial charge on any atom is 0.127 e. The van der Waals surface area contributed by atoms with Gasteiger partial charge in [0.2, 0.25) is 0 Å². The first kappa shape index (κ1) is 12.9. The first-order chi connectivity index (χ1) is 5.74. The highest BCUT2D eigenvalue weighted by Gasteiger charge is 2.00. The van der Waals surface area contributed by atoms with Crippen LogP contribution in [-0.4, -0.2) is 6.54 Å². The number of hydrogen-bond donors (Lipinski definition) is 1. The minimum Gasteiger partial charge on any atom is -0.313 e. The van der Waals surface area contributed by atoms with Crippen molar-refractivity contribution in [3.8, 4) is 0 Å². The van der Waals surface area contributed by atoms with Crippen LogP contribution in [0.3, 0.4) is 0 Å². The van der Waals surface area contributed by atoms with Gasteiger partial charge in [-0.1, -0.05) is 22.9 Å². The van der Waals surface area contributed by atoms with Gasteiger partial charge in [-0.25, -0.2) is 4.39 Å². The summed E-state index contributed by atoms with van der Waals surface area (Å²) in [6.07, 6.45) is 0. The lowest BCUT2D eigenvalue weighted by Gasteiger charge is -2.03. The second-order valence-corrected chi connectivity index (χ2v) is 3.43. The Morgan fingerprint density at radius 2 is 2.15 bits per heavy atom. The van der Waals surface area contributed by atoms with Gasteiger partial charge in [0.1, 0.15) is 5.82 Å². The van der Waals surface area contributed by atoms with E-state index in [2.05, 4.69) is 21.2 Å². The lowest BCUT2D eigenvalue weighted by molar-refractivity contribution is 0.593. The molecule has 0 aliphatic heterocycles. The third kappa shape index (κ3) is 4.07. The van der Waals surface area contributed by atoms with Gasteiger partial charge in [0, 0.05) is 16.6 Å². The van der Waals surface area contributed by atoms with Crippen molar-refractivity contribution in [3.63, 3.8) is 0 Å². The van der Waals surface area contributed by atoms with Gasteiger partial charge >= 0.3 is 0 Å². The zero-order chi connectivity index (χ0) is 8.97. The van der Waals surface area contributed by atoms with Crippen molar-refractivity contribution in [1.29, 1.82) is 0 Å². The highest BCUT2D eigenvalue weighted by Crippen LogP contribution is 2.14. The summed E-state index contributed by atoms with van der Waals surface area (Å²) in [6.45, 7) is 3.43. The van der Waals surface area contributed by atoms with Gasteiger partial charge in [-0.15, -0.1) is 12.4 Å². The molecular formula is C9H12BrClFN. The van der Waals surface area contributed by atoms with E-state index in [0.717, 1.165) is 11.0 Å². The molecule has 0 heterocycles. The predicted molar refractivity (Wildman–Crippen MR) is 58.7 cm³/mol. The van der Waals surface area contributed by atoms with E-state index in [1.165, 1.54) is 6.07 Å². The van der Waals surface area contributed by atoms with Crippen LogP contribution in [0.4, 0.5) is 4.39 Å². The standard InChI is InChI=1S/C9H11BrFN.ClH/c1-2-12-6-7-5-8(10)3-4-9(7)11;/h3-5,12H,2,6H2,1H3;1H. The number of hydrogen-bond acceptors (Lipinski definition) is 1. The highest BCUT2D eigenvalue weighted by atomic mass is 79.9. The Morgan fingerprint density at radius 3 is 2.77 bits per heavy atom. The maximum atomic E-state index is 13.0. The molecular weight excluding hydrogens is 256 g/mol. The normalized spacial score (nSPS) is 9.46. The Kier molecular flexibility index (Phi) is 6.29. The Bertz CT molecular complexity index is 268. The predicted octanol–water partition coefficient (Wildman–Crippen LogP) is 3.12. The molecule has 0 saturated carbocycles. The largest absolute Gasteiger partial charge is 0.313 e. The minimum atomic E-state index is -0.154. The summed E-state index contributed by atoms with van der Waals surface area (Å²) in [4.78, 5) is 0. The molecule has 0 amide bonds. The molecule has 0 atom stereocenters. The monoisotopic (exact) mass is 267 g/mol. The summed E-state index contributed by atoms with van der Waals surface area (Å²) in [7, 11) is 0. The Hall–Kier alpha value is -0.120. The summed E-state index contributed by atoms with van der Waals surface area (Å²) >= 11 is 3.29. The maximum absolute atomic E-state index is 13.0. The van der Waals surface area contributed by atoms with Gasteiger partial charge in [0.15, 0.2) is 0 Å². The molecule has 0 bridgehead atoms. The van der Waals surface area contributed by atoms with Crippen LogP contribution in [0.15, 0.2) is 22.7 Å². The van der Waals surface area contributed by atoms with Gasteiger partial charge < -0.3 is 5.32 Å². The molecule has 0 saturated heterocycles. The summed E-state index contributed by atoms with van der Waals surface area (Å²) < 4.78 is 13.9. The van der Waals surface area contributed by atoms with Crippen molar-refractivity contribution in [2.45, 2.75) is 13.5 Å². The summed E-state index contributed by atoms with van der Waals surface area (Å²) in [5.74, 6) is -0.154. The fraction of sp³-hybridized carbons (Fsp3) is 0.333. The van der Waals surface area contributed by atoms with Gasteiger partial charge in [0.25, 0.3) is 0 Å². The SMILES string of the molecule is CCNCc1cc(Br)ccc1F.Cl. The molecule has 1 nitrogen and oxygen atoms in total. The van der Waals surface area contributed by atoms with Crippen LogP contribution in [0.1, 0.15) is 12.5 Å². The van der Waals surface area contributed by atoms with Crippen LogP contribution in [0.25, 0.3) is 0 Å². The van der Waals surface area contributed by atoms with E-state index >= 15 is 0 Å². The molecule has 0 fully saturated rings. The molecule has 0 radical (unpaired) electrons. The highest BCUT2D eigenvalue weighted by molar-refractivity contribution is 9.10. The van der Waals surface area contributed by atoms with Crippen LogP contribution in [-0.2, 0) is 6.54 Å². The smallest absolute Gasteiger partial charge is 0.127 e. The molecule has 0 aliphatic carbocycles. The van der Waals surface area contributed by atoms with E-state index < -0.39 is 0 Å². The Labute approximate surface area is 92.3 Å². The number of halogens is 3. The zero-order valence-corrected chi connectivity index (χ0v) is 9.71. The quantitative estimate of drug-likeness (QED) is 0.888. The van der Waals surface area contributed by atoms with Crippen molar-refractivity contribution in [3.05, 3.63) is 34.1 Å². The van der Waals surface area contributed by atoms with Crippen molar-refractivity contribution in [2.75, 3.05) is 6.54 Å². The number of rotatable bonds is 3. The van der Waals surface area contributed by atoms with Crippen molar-refractivity contribution >= 4 is 28.3 Å². The number of benzene rings is 1. The van der Waals surface area contributed by atoms with Gasteiger partial charge in [0.05, 0.1) is 0 Å². The third-order valence-electron chi connectivity index (χ3n) is 1.57. The molecule has 0 unspecified atom stereocenters. The third-order valence-corrected chi connectivity index (χ3v) is 2.07. The van der Waals surface area contributed by atoms with Crippen LogP contribution in [0, 0.1) is 5.82 Å². The van der Waals surface area contributed by atoms with Crippen LogP contribution >= 0.6 is 28.3 Å². The second kappa shape index (κ2) is 6.35. The van der Waals surface area contributed by atoms with E-state index in [0.29, 0.717) is 12.1 Å². The molecule has 0 aliphatic rings. The second-order valence-electron chi connectivity index (χ2n) is 2.52. The minimum absolute atomic E-state index is 0. The molecule has 1 aromatic carbocycles. The summed E-state index contributed by atoms with van der Waals surface area (Å²) in [5, 5.41) is 3.07. The first-order valence-electron chi connectivity index (χ1n) is 3.88. The molecule has 0 spiro atoms. The van der Waals surface area contributed by atoms with Crippen LogP contribution in [0.2, 0.25) is 0 Å². The Balaban J connectivity index is 0.00000144. The first-order valence-corrected chi connectivity index (χ1v) is 4.68. The van der Waals surface area contributed by atoms with Gasteiger partial charge in [-0.05, 0) is 24.7 Å². The fourth-order valence-electron chi connectivity index (χ4n) is 0.938. The van der Waals surface area contributed by atoms with E-state index in [-0.39, 0.29) is 18.2 Å². The summed E-state index contributed by atoms with van der Waals surface area (Å²) in [6, 6.07) is 4.96. The van der Waals surface area contributed by atoms with Crippen molar-refractivity contribution in [2.24, 2.45) is 0 Å². The number of nitrogens with one attached hydrogen (secondary N) is 1. The van der Waals surface area contributed by atoms with E-state index in [4.69, 9.17) is 0 Å². The van der Waals surface area contributed by atoms with E-state index in [1.807, 2.05) is 6.92 Å². The fourth-order valence-corrected chi connectivity index (χ4v) is 1.35. The van der Waals surface area contributed by atoms with Gasteiger partial charge in [-0.3, -0.25) is 0 Å². The topological polar surface area (TPSA) is 12.0 Å². The van der Waals surface area contributed by atoms with Crippen molar-refractivity contribution < 1.29 is 4.39 Å². The van der Waals surface area contributed by atoms with Crippen LogP contribution in [0.5, 0.6) is 0 Å². The van der Waals surface area contributed by atoms with Gasteiger partial charge in [-0.2, -0.15) is 0 Å². The molecule has 1 aromatic rings. The average molecular weight is 269 g/mol. The van der Waals surface area contributed by atoms with Crippen molar-refractivity contribution in [1.82, 2.24) is 5.32 Å². The average Bonchev–Trinajstić information content (AvgIpc) is 2.07. The lowest BCUT2D eigenvalue weighted by atomic mass is 10.2. The molecule has 0 aromatic heterocycles.